The van der Waals surface area contributed by atoms with Gasteiger partial charge >= 0.3 is 5.97 Å². The lowest BCUT2D eigenvalue weighted by Gasteiger charge is -2.41. The number of benzene rings is 1. The molecule has 1 fully saturated rings. The van der Waals surface area contributed by atoms with E-state index in [9.17, 15) is 9.90 Å². The van der Waals surface area contributed by atoms with Crippen molar-refractivity contribution in [2.75, 3.05) is 20.1 Å². The Hall–Kier alpha value is -1.39. The average Bonchev–Trinajstić information content (AvgIpc) is 2.41. The molecule has 0 spiro atoms. The van der Waals surface area contributed by atoms with Crippen LogP contribution in [0.3, 0.4) is 0 Å². The van der Waals surface area contributed by atoms with E-state index in [4.69, 9.17) is 5.11 Å². The van der Waals surface area contributed by atoms with Crippen LogP contribution < -0.4 is 0 Å². The second kappa shape index (κ2) is 5.31. The summed E-state index contributed by atoms with van der Waals surface area (Å²) >= 11 is 0. The first-order valence-electron chi connectivity index (χ1n) is 6.66. The number of hydrogen-bond acceptors (Lipinski definition) is 3. The highest BCUT2D eigenvalue weighted by molar-refractivity contribution is 5.87. The highest BCUT2D eigenvalue weighted by Crippen LogP contribution is 2.36. The summed E-state index contributed by atoms with van der Waals surface area (Å²) in [6.07, 6.45) is 1.51. The molecule has 2 N–H and O–H groups in total. The summed E-state index contributed by atoms with van der Waals surface area (Å²) in [5, 5.41) is 19.6. The number of likely N-dealkylation sites (tertiary alicyclic amines) is 1. The fraction of sp³-hybridized carbons (Fsp3) is 0.533. The van der Waals surface area contributed by atoms with Gasteiger partial charge in [0.15, 0.2) is 0 Å². The van der Waals surface area contributed by atoms with Crippen molar-refractivity contribution < 1.29 is 15.0 Å². The Labute approximate surface area is 113 Å². The third-order valence-corrected chi connectivity index (χ3v) is 4.32. The van der Waals surface area contributed by atoms with Gasteiger partial charge in [0.05, 0.1) is 11.2 Å². The Bertz CT molecular complexity index is 447. The van der Waals surface area contributed by atoms with Crippen molar-refractivity contribution in [1.82, 2.24) is 4.90 Å². The first-order valence-corrected chi connectivity index (χ1v) is 6.66. The van der Waals surface area contributed by atoms with Gasteiger partial charge < -0.3 is 15.1 Å². The van der Waals surface area contributed by atoms with Gasteiger partial charge in [-0.1, -0.05) is 19.1 Å². The molecule has 0 saturated carbocycles. The Morgan fingerprint density at radius 1 is 1.26 bits per heavy atom. The van der Waals surface area contributed by atoms with Crippen molar-refractivity contribution in [3.63, 3.8) is 0 Å². The number of piperidine rings is 1. The van der Waals surface area contributed by atoms with Gasteiger partial charge in [-0.25, -0.2) is 4.79 Å². The van der Waals surface area contributed by atoms with Crippen LogP contribution in [0.5, 0.6) is 0 Å². The topological polar surface area (TPSA) is 60.8 Å². The van der Waals surface area contributed by atoms with E-state index < -0.39 is 11.6 Å². The lowest BCUT2D eigenvalue weighted by molar-refractivity contribution is -0.0340. The Kier molecular flexibility index (Phi) is 3.92. The number of hydrogen-bond donors (Lipinski definition) is 2. The standard InChI is InChI=1S/C15H21NO3/c1-11(15(19)7-9-16(2)10-8-15)12-3-5-13(6-4-12)14(17)18/h3-6,11,19H,7-10H2,1-2H3,(H,17,18). The van der Waals surface area contributed by atoms with Gasteiger partial charge in [0, 0.05) is 19.0 Å². The zero-order chi connectivity index (χ0) is 14.0. The zero-order valence-corrected chi connectivity index (χ0v) is 11.5. The summed E-state index contributed by atoms with van der Waals surface area (Å²) in [4.78, 5) is 13.0. The quantitative estimate of drug-likeness (QED) is 0.875. The van der Waals surface area contributed by atoms with Crippen LogP contribution in [0.4, 0.5) is 0 Å². The molecule has 1 atom stereocenters. The third kappa shape index (κ3) is 2.96. The molecule has 19 heavy (non-hydrogen) atoms. The monoisotopic (exact) mass is 263 g/mol. The molecule has 4 heteroatoms. The zero-order valence-electron chi connectivity index (χ0n) is 11.5. The Morgan fingerprint density at radius 3 is 2.26 bits per heavy atom. The van der Waals surface area contributed by atoms with Crippen LogP contribution in [-0.2, 0) is 0 Å². The number of aromatic carboxylic acids is 1. The highest BCUT2D eigenvalue weighted by Gasteiger charge is 2.37. The second-order valence-electron chi connectivity index (χ2n) is 5.56. The smallest absolute Gasteiger partial charge is 0.335 e. The van der Waals surface area contributed by atoms with Gasteiger partial charge in [0.1, 0.15) is 0 Å². The van der Waals surface area contributed by atoms with Crippen LogP contribution in [0.1, 0.15) is 41.6 Å². The Balaban J connectivity index is 2.14. The first-order chi connectivity index (χ1) is 8.92. The minimum absolute atomic E-state index is 0.0176. The number of aliphatic hydroxyl groups is 1. The van der Waals surface area contributed by atoms with Crippen LogP contribution in [0.15, 0.2) is 24.3 Å². The van der Waals surface area contributed by atoms with E-state index in [1.54, 1.807) is 12.1 Å². The third-order valence-electron chi connectivity index (χ3n) is 4.32. The minimum Gasteiger partial charge on any atom is -0.478 e. The van der Waals surface area contributed by atoms with Gasteiger partial charge in [0.25, 0.3) is 0 Å². The van der Waals surface area contributed by atoms with Gasteiger partial charge in [0.2, 0.25) is 0 Å². The minimum atomic E-state index is -0.919. The summed E-state index contributed by atoms with van der Waals surface area (Å²) in [6, 6.07) is 6.83. The van der Waals surface area contributed by atoms with Crippen molar-refractivity contribution in [3.8, 4) is 0 Å². The summed E-state index contributed by atoms with van der Waals surface area (Å²) in [5.74, 6) is -0.902. The van der Waals surface area contributed by atoms with E-state index in [1.807, 2.05) is 19.1 Å². The normalized spacial score (nSPS) is 21.0. The summed E-state index contributed by atoms with van der Waals surface area (Å²) < 4.78 is 0. The molecule has 1 aromatic carbocycles. The maximum atomic E-state index is 10.8. The molecule has 2 rings (SSSR count). The van der Waals surface area contributed by atoms with Gasteiger partial charge in [-0.3, -0.25) is 0 Å². The van der Waals surface area contributed by atoms with Gasteiger partial charge in [-0.2, -0.15) is 0 Å². The molecule has 0 aliphatic carbocycles. The fourth-order valence-corrected chi connectivity index (χ4v) is 2.66. The number of rotatable bonds is 3. The SMILES string of the molecule is CC(c1ccc(C(=O)O)cc1)C1(O)CCN(C)CC1. The maximum Gasteiger partial charge on any atom is 0.335 e. The number of carbonyl (C=O) groups is 1. The van der Waals surface area contributed by atoms with E-state index >= 15 is 0 Å². The maximum absolute atomic E-state index is 10.8. The summed E-state index contributed by atoms with van der Waals surface area (Å²) in [5.41, 5.74) is 0.598. The van der Waals surface area contributed by atoms with Crippen molar-refractivity contribution in [1.29, 1.82) is 0 Å². The van der Waals surface area contributed by atoms with E-state index in [0.717, 1.165) is 31.5 Å². The van der Waals surface area contributed by atoms with Crippen LogP contribution in [0.2, 0.25) is 0 Å². The van der Waals surface area contributed by atoms with Gasteiger partial charge in [-0.05, 0) is 37.6 Å². The lowest BCUT2D eigenvalue weighted by atomic mass is 9.77. The predicted octanol–water partition coefficient (Wildman–Crippen LogP) is 1.95. The molecule has 1 aliphatic rings. The number of nitrogens with zero attached hydrogens (tertiary/aromatic N) is 1. The molecule has 1 saturated heterocycles. The molecule has 1 heterocycles. The molecule has 0 aromatic heterocycles. The van der Waals surface area contributed by atoms with Crippen molar-refractivity contribution >= 4 is 5.97 Å². The highest BCUT2D eigenvalue weighted by atomic mass is 16.4. The molecule has 1 aliphatic heterocycles. The van der Waals surface area contributed by atoms with E-state index in [0.29, 0.717) is 0 Å². The van der Waals surface area contributed by atoms with E-state index in [1.165, 1.54) is 0 Å². The Morgan fingerprint density at radius 2 is 1.79 bits per heavy atom. The number of carboxylic acids is 1. The molecular formula is C15H21NO3. The fourth-order valence-electron chi connectivity index (χ4n) is 2.66. The predicted molar refractivity (Wildman–Crippen MR) is 73.5 cm³/mol. The van der Waals surface area contributed by atoms with E-state index in [-0.39, 0.29) is 11.5 Å². The molecule has 0 radical (unpaired) electrons. The second-order valence-corrected chi connectivity index (χ2v) is 5.56. The largest absolute Gasteiger partial charge is 0.478 e. The summed E-state index contributed by atoms with van der Waals surface area (Å²) in [6.45, 7) is 3.81. The molecule has 4 nitrogen and oxygen atoms in total. The average molecular weight is 263 g/mol. The molecule has 0 bridgehead atoms. The molecule has 0 amide bonds. The van der Waals surface area contributed by atoms with E-state index in [2.05, 4.69) is 11.9 Å². The van der Waals surface area contributed by atoms with Crippen molar-refractivity contribution in [2.45, 2.75) is 31.3 Å². The summed E-state index contributed by atoms with van der Waals surface area (Å²) in [7, 11) is 2.06. The molecule has 1 unspecified atom stereocenters. The van der Waals surface area contributed by atoms with Crippen molar-refractivity contribution in [2.24, 2.45) is 0 Å². The van der Waals surface area contributed by atoms with Crippen LogP contribution in [-0.4, -0.2) is 46.8 Å². The van der Waals surface area contributed by atoms with Crippen LogP contribution >= 0.6 is 0 Å². The lowest BCUT2D eigenvalue weighted by Crippen LogP contribution is -2.46. The molecule has 104 valence electrons. The van der Waals surface area contributed by atoms with Crippen LogP contribution in [0.25, 0.3) is 0 Å². The van der Waals surface area contributed by atoms with Gasteiger partial charge in [-0.15, -0.1) is 0 Å². The van der Waals surface area contributed by atoms with Crippen LogP contribution in [0, 0.1) is 0 Å². The molecular weight excluding hydrogens is 242 g/mol. The first kappa shape index (κ1) is 14.0. The van der Waals surface area contributed by atoms with Crippen molar-refractivity contribution in [3.05, 3.63) is 35.4 Å². The molecule has 1 aromatic rings. The number of carboxylic acid groups (broad SMARTS) is 1.